The zero-order valence-electron chi connectivity index (χ0n) is 23.4. The number of nitriles is 1. The van der Waals surface area contributed by atoms with Crippen molar-refractivity contribution in [2.75, 3.05) is 39.2 Å². The van der Waals surface area contributed by atoms with Gasteiger partial charge in [-0.2, -0.15) is 5.26 Å². The van der Waals surface area contributed by atoms with Gasteiger partial charge in [0, 0.05) is 54.3 Å². The highest BCUT2D eigenvalue weighted by Crippen LogP contribution is 2.44. The fourth-order valence-electron chi connectivity index (χ4n) is 4.25. The molecule has 10 nitrogen and oxygen atoms in total. The zero-order valence-corrected chi connectivity index (χ0v) is 24.3. The number of aromatic nitrogens is 2. The Balaban J connectivity index is 1.74. The SMILES string of the molecule is CCOP(=O)(O)OCn1cc(-c2cccc(C#N)c2)c2cc(-c3cccc(N(C)C(=O)C=CCN(C)C)c3)cnc21. The Labute approximate surface area is 239 Å². The van der Waals surface area contributed by atoms with E-state index < -0.39 is 7.82 Å². The lowest BCUT2D eigenvalue weighted by molar-refractivity contribution is -0.113. The van der Waals surface area contributed by atoms with Crippen LogP contribution in [0.1, 0.15) is 12.5 Å². The molecular weight excluding hydrogens is 541 g/mol. The third-order valence-electron chi connectivity index (χ3n) is 6.30. The number of hydrogen-bond donors (Lipinski definition) is 1. The minimum absolute atomic E-state index is 0.0280. The van der Waals surface area contributed by atoms with Gasteiger partial charge in [0.15, 0.2) is 0 Å². The average Bonchev–Trinajstić information content (AvgIpc) is 3.33. The van der Waals surface area contributed by atoms with Gasteiger partial charge in [-0.15, -0.1) is 0 Å². The van der Waals surface area contributed by atoms with Crippen molar-refractivity contribution in [1.29, 1.82) is 5.26 Å². The molecule has 1 amide bonds. The number of anilines is 1. The van der Waals surface area contributed by atoms with Crippen LogP contribution in [-0.4, -0.2) is 59.5 Å². The number of nitrogens with zero attached hydrogens (tertiary/aromatic N) is 5. The summed E-state index contributed by atoms with van der Waals surface area (Å²) in [4.78, 5) is 30.8. The molecule has 0 saturated carbocycles. The van der Waals surface area contributed by atoms with E-state index in [1.807, 2.05) is 61.5 Å². The Hall–Kier alpha value is -4.10. The first-order valence-electron chi connectivity index (χ1n) is 12.9. The van der Waals surface area contributed by atoms with Crippen molar-refractivity contribution in [3.05, 3.63) is 84.7 Å². The van der Waals surface area contributed by atoms with Gasteiger partial charge in [-0.3, -0.25) is 13.8 Å². The molecule has 41 heavy (non-hydrogen) atoms. The second kappa shape index (κ2) is 13.0. The van der Waals surface area contributed by atoms with Crippen LogP contribution in [0.4, 0.5) is 5.69 Å². The Morgan fingerprint density at radius 1 is 1.10 bits per heavy atom. The minimum atomic E-state index is -4.24. The monoisotopic (exact) mass is 573 g/mol. The fourth-order valence-corrected chi connectivity index (χ4v) is 4.92. The highest BCUT2D eigenvalue weighted by Gasteiger charge is 2.22. The van der Waals surface area contributed by atoms with Gasteiger partial charge in [-0.1, -0.05) is 30.3 Å². The number of likely N-dealkylation sites (N-methyl/N-ethyl adjacent to an activating group) is 2. The molecule has 1 N–H and O–H groups in total. The van der Waals surface area contributed by atoms with Crippen LogP contribution < -0.4 is 4.90 Å². The van der Waals surface area contributed by atoms with Crippen molar-refractivity contribution in [2.24, 2.45) is 0 Å². The molecule has 0 fully saturated rings. The van der Waals surface area contributed by atoms with Gasteiger partial charge < -0.3 is 19.3 Å². The first-order valence-corrected chi connectivity index (χ1v) is 14.4. The molecule has 212 valence electrons. The standard InChI is InChI=1S/C30H32N5O5P/c1-5-39-41(37,38)40-21-35-20-28(24-11-6-9-22(15-24)18-31)27-17-25(19-32-30(27)35)23-10-7-12-26(16-23)34(4)29(36)13-8-14-33(2)3/h6-13,15-17,19-20H,5,14,21H2,1-4H3,(H,37,38). The summed E-state index contributed by atoms with van der Waals surface area (Å²) in [5.41, 5.74) is 4.97. The number of amides is 1. The predicted octanol–water partition coefficient (Wildman–Crippen LogP) is 5.43. The molecule has 0 aliphatic carbocycles. The summed E-state index contributed by atoms with van der Waals surface area (Å²) in [6.45, 7) is 2.03. The van der Waals surface area contributed by atoms with Gasteiger partial charge >= 0.3 is 7.82 Å². The molecule has 0 saturated heterocycles. The van der Waals surface area contributed by atoms with Crippen molar-refractivity contribution in [2.45, 2.75) is 13.7 Å². The second-order valence-electron chi connectivity index (χ2n) is 9.56. The number of carbonyl (C=O) groups excluding carboxylic acids is 1. The second-order valence-corrected chi connectivity index (χ2v) is 11.0. The molecule has 0 aliphatic rings. The van der Waals surface area contributed by atoms with Gasteiger partial charge in [-0.05, 0) is 62.5 Å². The van der Waals surface area contributed by atoms with E-state index in [9.17, 15) is 19.5 Å². The largest absolute Gasteiger partial charge is 0.473 e. The number of carbonyl (C=O) groups is 1. The van der Waals surface area contributed by atoms with Crippen LogP contribution in [0.25, 0.3) is 33.3 Å². The van der Waals surface area contributed by atoms with Gasteiger partial charge in [0.05, 0.1) is 18.2 Å². The molecule has 0 bridgehead atoms. The first-order chi connectivity index (χ1) is 19.6. The van der Waals surface area contributed by atoms with E-state index in [2.05, 4.69) is 11.1 Å². The van der Waals surface area contributed by atoms with Crippen LogP contribution in [-0.2, 0) is 25.1 Å². The lowest BCUT2D eigenvalue weighted by Crippen LogP contribution is -2.24. The van der Waals surface area contributed by atoms with Crippen molar-refractivity contribution >= 4 is 30.5 Å². The van der Waals surface area contributed by atoms with Crippen LogP contribution in [0.5, 0.6) is 0 Å². The number of pyridine rings is 1. The van der Waals surface area contributed by atoms with Crippen molar-refractivity contribution in [3.63, 3.8) is 0 Å². The maximum atomic E-state index is 12.7. The third kappa shape index (κ3) is 7.35. The molecule has 2 heterocycles. The quantitative estimate of drug-likeness (QED) is 0.186. The van der Waals surface area contributed by atoms with E-state index in [0.717, 1.165) is 33.3 Å². The smallest absolute Gasteiger partial charge is 0.312 e. The molecule has 11 heteroatoms. The highest BCUT2D eigenvalue weighted by atomic mass is 31.2. The van der Waals surface area contributed by atoms with Crippen LogP contribution in [0.15, 0.2) is 79.1 Å². The van der Waals surface area contributed by atoms with Crippen LogP contribution in [0, 0.1) is 11.3 Å². The van der Waals surface area contributed by atoms with Crippen molar-refractivity contribution < 1.29 is 23.3 Å². The molecule has 1 unspecified atom stereocenters. The van der Waals surface area contributed by atoms with Crippen LogP contribution >= 0.6 is 7.82 Å². The van der Waals surface area contributed by atoms with E-state index in [-0.39, 0.29) is 19.2 Å². The number of benzene rings is 2. The average molecular weight is 574 g/mol. The molecule has 1 atom stereocenters. The molecule has 0 radical (unpaired) electrons. The van der Waals surface area contributed by atoms with E-state index >= 15 is 0 Å². The highest BCUT2D eigenvalue weighted by molar-refractivity contribution is 7.47. The first kappa shape index (κ1) is 29.9. The molecule has 4 rings (SSSR count). The normalized spacial score (nSPS) is 13.0. The number of phosphoric ester groups is 1. The summed E-state index contributed by atoms with van der Waals surface area (Å²) in [7, 11) is 1.36. The molecule has 2 aromatic carbocycles. The van der Waals surface area contributed by atoms with Gasteiger partial charge in [0.1, 0.15) is 12.4 Å². The number of fused-ring (bicyclic) bond motifs is 1. The minimum Gasteiger partial charge on any atom is -0.312 e. The Bertz CT molecular complexity index is 1670. The number of hydrogen-bond acceptors (Lipinski definition) is 7. The fraction of sp³-hybridized carbons (Fsp3) is 0.233. The van der Waals surface area contributed by atoms with Crippen LogP contribution in [0.2, 0.25) is 0 Å². The summed E-state index contributed by atoms with van der Waals surface area (Å²) in [6.07, 6.45) is 6.85. The number of rotatable bonds is 11. The van der Waals surface area contributed by atoms with E-state index in [0.29, 0.717) is 17.8 Å². The molecule has 0 spiro atoms. The number of phosphoric acid groups is 1. The van der Waals surface area contributed by atoms with Crippen molar-refractivity contribution in [3.8, 4) is 28.3 Å². The summed E-state index contributed by atoms with van der Waals surface area (Å²) < 4.78 is 23.8. The van der Waals surface area contributed by atoms with E-state index in [1.54, 1.807) is 60.1 Å². The molecule has 2 aromatic heterocycles. The predicted molar refractivity (Wildman–Crippen MR) is 159 cm³/mol. The summed E-state index contributed by atoms with van der Waals surface area (Å²) in [6, 6.07) is 18.9. The topological polar surface area (TPSA) is 121 Å². The maximum absolute atomic E-state index is 12.7. The van der Waals surface area contributed by atoms with Gasteiger partial charge in [-0.25, -0.2) is 9.55 Å². The molecule has 0 aliphatic heterocycles. The lowest BCUT2D eigenvalue weighted by atomic mass is 10.0. The van der Waals surface area contributed by atoms with Crippen molar-refractivity contribution in [1.82, 2.24) is 14.5 Å². The lowest BCUT2D eigenvalue weighted by Gasteiger charge is -2.17. The van der Waals surface area contributed by atoms with Crippen LogP contribution in [0.3, 0.4) is 0 Å². The Morgan fingerprint density at radius 3 is 2.59 bits per heavy atom. The third-order valence-corrected chi connectivity index (χ3v) is 7.32. The molecule has 4 aromatic rings. The molecular formula is C30H32N5O5P. The van der Waals surface area contributed by atoms with E-state index in [4.69, 9.17) is 9.05 Å². The van der Waals surface area contributed by atoms with Gasteiger partial charge in [0.2, 0.25) is 5.91 Å². The summed E-state index contributed by atoms with van der Waals surface area (Å²) in [5, 5.41) is 10.2. The Kier molecular flexibility index (Phi) is 9.50. The summed E-state index contributed by atoms with van der Waals surface area (Å²) >= 11 is 0. The Morgan fingerprint density at radius 2 is 1.85 bits per heavy atom. The van der Waals surface area contributed by atoms with Gasteiger partial charge in [0.25, 0.3) is 0 Å². The van der Waals surface area contributed by atoms with E-state index in [1.165, 1.54) is 0 Å². The summed E-state index contributed by atoms with van der Waals surface area (Å²) in [5.74, 6) is -0.137. The maximum Gasteiger partial charge on any atom is 0.473 e. The zero-order chi connectivity index (χ0) is 29.6.